The quantitative estimate of drug-likeness (QED) is 0.682. The molecule has 0 aromatic heterocycles. The highest BCUT2D eigenvalue weighted by Gasteiger charge is 1.96. The molecule has 0 spiro atoms. The Bertz CT molecular complexity index is 235. The van der Waals surface area contributed by atoms with Crippen LogP contribution in [0.5, 0.6) is 0 Å². The fraction of sp³-hybridized carbons (Fsp3) is 0. The van der Waals surface area contributed by atoms with Gasteiger partial charge in [-0.05, 0) is 12.1 Å². The Morgan fingerprint density at radius 2 is 2.20 bits per heavy atom. The number of hydrogen-bond donors (Lipinski definition) is 1. The molecule has 1 aromatic carbocycles. The van der Waals surface area contributed by atoms with Crippen molar-refractivity contribution < 1.29 is 0 Å². The van der Waals surface area contributed by atoms with Gasteiger partial charge in [-0.1, -0.05) is 34.7 Å². The molecule has 0 bridgehead atoms. The summed E-state index contributed by atoms with van der Waals surface area (Å²) >= 11 is 7.63. The summed E-state index contributed by atoms with van der Waals surface area (Å²) in [4.78, 5) is 0.948. The highest BCUT2D eigenvalue weighted by atomic mass is 79.9. The van der Waals surface area contributed by atoms with Crippen LogP contribution in [0.25, 0.3) is 6.08 Å². The highest BCUT2D eigenvalue weighted by molar-refractivity contribution is 9.10. The van der Waals surface area contributed by atoms with Crippen molar-refractivity contribution in [3.63, 3.8) is 0 Å². The Hall–Kier alpha value is -0.210. The molecular formula is C8H7BrS. The Morgan fingerprint density at radius 3 is 2.60 bits per heavy atom. The molecule has 0 saturated carbocycles. The summed E-state index contributed by atoms with van der Waals surface area (Å²) in [6.45, 7) is 3.67. The second-order valence-corrected chi connectivity index (χ2v) is 3.21. The lowest BCUT2D eigenvalue weighted by molar-refractivity contribution is 1.41. The highest BCUT2D eigenvalue weighted by Crippen LogP contribution is 2.23. The van der Waals surface area contributed by atoms with Crippen molar-refractivity contribution in [2.24, 2.45) is 0 Å². The molecule has 0 atom stereocenters. The van der Waals surface area contributed by atoms with Gasteiger partial charge in [-0.3, -0.25) is 0 Å². The van der Waals surface area contributed by atoms with Gasteiger partial charge in [0.1, 0.15) is 0 Å². The Balaban J connectivity index is 3.30. The molecule has 0 heterocycles. The molecule has 0 aliphatic carbocycles. The van der Waals surface area contributed by atoms with E-state index in [9.17, 15) is 0 Å². The Labute approximate surface area is 74.5 Å². The summed E-state index contributed by atoms with van der Waals surface area (Å²) in [6, 6.07) is 5.85. The Morgan fingerprint density at radius 1 is 1.50 bits per heavy atom. The monoisotopic (exact) mass is 214 g/mol. The largest absolute Gasteiger partial charge is 0.143 e. The van der Waals surface area contributed by atoms with E-state index >= 15 is 0 Å². The lowest BCUT2D eigenvalue weighted by atomic mass is 10.2. The fourth-order valence-corrected chi connectivity index (χ4v) is 1.71. The van der Waals surface area contributed by atoms with E-state index in [1.165, 1.54) is 0 Å². The van der Waals surface area contributed by atoms with E-state index in [0.717, 1.165) is 14.9 Å². The van der Waals surface area contributed by atoms with Crippen molar-refractivity contribution in [1.82, 2.24) is 0 Å². The zero-order valence-corrected chi connectivity index (χ0v) is 7.82. The van der Waals surface area contributed by atoms with Crippen molar-refractivity contribution in [3.8, 4) is 0 Å². The SMILES string of the molecule is C=Cc1c(S)cccc1Br. The van der Waals surface area contributed by atoms with E-state index < -0.39 is 0 Å². The van der Waals surface area contributed by atoms with Crippen LogP contribution in [0.1, 0.15) is 5.56 Å². The van der Waals surface area contributed by atoms with Crippen LogP contribution in [0.2, 0.25) is 0 Å². The number of halogens is 1. The summed E-state index contributed by atoms with van der Waals surface area (Å²) in [7, 11) is 0. The van der Waals surface area contributed by atoms with Crippen molar-refractivity contribution in [2.45, 2.75) is 4.90 Å². The van der Waals surface area contributed by atoms with Crippen LogP contribution in [0.3, 0.4) is 0 Å². The molecule has 0 amide bonds. The van der Waals surface area contributed by atoms with Gasteiger partial charge >= 0.3 is 0 Å². The molecule has 0 aliphatic rings. The molecule has 0 aliphatic heterocycles. The second-order valence-electron chi connectivity index (χ2n) is 1.88. The predicted octanol–water partition coefficient (Wildman–Crippen LogP) is 3.38. The molecule has 0 unspecified atom stereocenters. The van der Waals surface area contributed by atoms with Crippen LogP contribution in [-0.4, -0.2) is 0 Å². The summed E-state index contributed by atoms with van der Waals surface area (Å²) in [6.07, 6.45) is 1.78. The summed E-state index contributed by atoms with van der Waals surface area (Å²) < 4.78 is 1.04. The molecule has 0 fully saturated rings. The van der Waals surface area contributed by atoms with Gasteiger partial charge in [-0.2, -0.15) is 0 Å². The van der Waals surface area contributed by atoms with Gasteiger partial charge in [0.2, 0.25) is 0 Å². The van der Waals surface area contributed by atoms with Crippen LogP contribution >= 0.6 is 28.6 Å². The second kappa shape index (κ2) is 3.26. The predicted molar refractivity (Wildman–Crippen MR) is 51.5 cm³/mol. The molecule has 2 heteroatoms. The maximum absolute atomic E-state index is 4.25. The minimum Gasteiger partial charge on any atom is -0.143 e. The van der Waals surface area contributed by atoms with Gasteiger partial charge in [-0.25, -0.2) is 0 Å². The lowest BCUT2D eigenvalue weighted by Gasteiger charge is -1.99. The minimum atomic E-state index is 0.948. The zero-order valence-electron chi connectivity index (χ0n) is 5.34. The van der Waals surface area contributed by atoms with E-state index in [-0.39, 0.29) is 0 Å². The van der Waals surface area contributed by atoms with Crippen LogP contribution in [0.15, 0.2) is 34.1 Å². The molecule has 0 N–H and O–H groups in total. The first-order valence-electron chi connectivity index (χ1n) is 2.85. The van der Waals surface area contributed by atoms with Crippen molar-refractivity contribution in [3.05, 3.63) is 34.8 Å². The number of thiol groups is 1. The first kappa shape index (κ1) is 7.89. The Kier molecular flexibility index (Phi) is 2.57. The maximum atomic E-state index is 4.25. The number of hydrogen-bond acceptors (Lipinski definition) is 1. The molecule has 1 rings (SSSR count). The molecule has 0 nitrogen and oxygen atoms in total. The number of benzene rings is 1. The topological polar surface area (TPSA) is 0 Å². The van der Waals surface area contributed by atoms with Crippen molar-refractivity contribution in [1.29, 1.82) is 0 Å². The third kappa shape index (κ3) is 1.44. The van der Waals surface area contributed by atoms with Crippen LogP contribution in [-0.2, 0) is 0 Å². The van der Waals surface area contributed by atoms with Gasteiger partial charge in [0, 0.05) is 14.9 Å². The lowest BCUT2D eigenvalue weighted by Crippen LogP contribution is -1.76. The van der Waals surface area contributed by atoms with Gasteiger partial charge in [0.15, 0.2) is 0 Å². The van der Waals surface area contributed by atoms with Gasteiger partial charge in [0.05, 0.1) is 0 Å². The first-order chi connectivity index (χ1) is 4.75. The van der Waals surface area contributed by atoms with Crippen molar-refractivity contribution in [2.75, 3.05) is 0 Å². The average Bonchev–Trinajstić information content (AvgIpc) is 1.88. The third-order valence-corrected chi connectivity index (χ3v) is 2.32. The molecule has 1 aromatic rings. The van der Waals surface area contributed by atoms with E-state index in [4.69, 9.17) is 0 Å². The standard InChI is InChI=1S/C8H7BrS/c1-2-6-7(9)4-3-5-8(6)10/h2-5,10H,1H2. The first-order valence-corrected chi connectivity index (χ1v) is 4.09. The maximum Gasteiger partial charge on any atom is 0.0258 e. The zero-order chi connectivity index (χ0) is 7.56. The van der Waals surface area contributed by atoms with Gasteiger partial charge in [0.25, 0.3) is 0 Å². The van der Waals surface area contributed by atoms with Crippen LogP contribution in [0, 0.1) is 0 Å². The molecular weight excluding hydrogens is 208 g/mol. The van der Waals surface area contributed by atoms with E-state index in [2.05, 4.69) is 35.1 Å². The molecule has 10 heavy (non-hydrogen) atoms. The average molecular weight is 215 g/mol. The van der Waals surface area contributed by atoms with E-state index in [1.807, 2.05) is 18.2 Å². The van der Waals surface area contributed by atoms with E-state index in [0.29, 0.717) is 0 Å². The molecule has 0 saturated heterocycles. The van der Waals surface area contributed by atoms with Gasteiger partial charge in [-0.15, -0.1) is 12.6 Å². The summed E-state index contributed by atoms with van der Waals surface area (Å²) in [5, 5.41) is 0. The summed E-state index contributed by atoms with van der Waals surface area (Å²) in [5.74, 6) is 0. The summed E-state index contributed by atoms with van der Waals surface area (Å²) in [5.41, 5.74) is 1.05. The van der Waals surface area contributed by atoms with E-state index in [1.54, 1.807) is 6.08 Å². The normalized spacial score (nSPS) is 9.40. The molecule has 52 valence electrons. The number of rotatable bonds is 1. The molecule has 0 radical (unpaired) electrons. The minimum absolute atomic E-state index is 0.948. The fourth-order valence-electron chi connectivity index (χ4n) is 0.728. The smallest absolute Gasteiger partial charge is 0.0258 e. The van der Waals surface area contributed by atoms with Gasteiger partial charge < -0.3 is 0 Å². The third-order valence-electron chi connectivity index (χ3n) is 1.23. The van der Waals surface area contributed by atoms with Crippen LogP contribution in [0.4, 0.5) is 0 Å². The van der Waals surface area contributed by atoms with Crippen LogP contribution < -0.4 is 0 Å². The van der Waals surface area contributed by atoms with Crippen molar-refractivity contribution >= 4 is 34.6 Å².